The molecule has 22 heavy (non-hydrogen) atoms. The summed E-state index contributed by atoms with van der Waals surface area (Å²) in [6.07, 6.45) is 9.41. The minimum atomic E-state index is -0.0348. The average molecular weight is 412 g/mol. The van der Waals surface area contributed by atoms with Crippen molar-refractivity contribution in [3.8, 4) is 0 Å². The maximum atomic E-state index is 12.4. The zero-order valence-corrected chi connectivity index (χ0v) is 15.7. The number of hydrogen-bond donors (Lipinski definition) is 0. The highest BCUT2D eigenvalue weighted by atomic mass is 127. The number of alkyl halides is 1. The fourth-order valence-corrected chi connectivity index (χ4v) is 7.45. The SMILES string of the molecule is C[C@]12CC(I)C(=O)C=C1CC[C@@H]1[C@@H]2CC[C@]2(C)C(=O)CC[C@@H]12. The molecule has 120 valence electrons. The van der Waals surface area contributed by atoms with Crippen molar-refractivity contribution in [1.29, 1.82) is 0 Å². The van der Waals surface area contributed by atoms with E-state index in [0.717, 1.165) is 32.1 Å². The number of carbonyl (C=O) groups is 2. The molecule has 0 spiro atoms. The zero-order valence-electron chi connectivity index (χ0n) is 13.5. The zero-order chi connectivity index (χ0) is 15.7. The molecule has 0 aromatic carbocycles. The number of carbonyl (C=O) groups excluding carboxylic acids is 2. The molecule has 3 heteroatoms. The van der Waals surface area contributed by atoms with Crippen LogP contribution in [0.4, 0.5) is 0 Å². The summed E-state index contributed by atoms with van der Waals surface area (Å²) in [6, 6.07) is 0. The molecule has 0 aromatic heterocycles. The van der Waals surface area contributed by atoms with Gasteiger partial charge in [-0.1, -0.05) is 42.0 Å². The van der Waals surface area contributed by atoms with Gasteiger partial charge in [-0.15, -0.1) is 0 Å². The Balaban J connectivity index is 1.71. The van der Waals surface area contributed by atoms with Gasteiger partial charge in [-0.05, 0) is 67.8 Å². The molecule has 0 radical (unpaired) electrons. The smallest absolute Gasteiger partial charge is 0.168 e. The summed E-state index contributed by atoms with van der Waals surface area (Å²) in [6.45, 7) is 4.65. The van der Waals surface area contributed by atoms with Crippen molar-refractivity contribution >= 4 is 34.2 Å². The second-order valence-corrected chi connectivity index (χ2v) is 10.00. The molecule has 0 amide bonds. The number of hydrogen-bond acceptors (Lipinski definition) is 2. The Morgan fingerprint density at radius 1 is 1.05 bits per heavy atom. The van der Waals surface area contributed by atoms with Gasteiger partial charge in [0.25, 0.3) is 0 Å². The molecular weight excluding hydrogens is 387 g/mol. The third-order valence-electron chi connectivity index (χ3n) is 7.67. The lowest BCUT2D eigenvalue weighted by Crippen LogP contribution is -2.51. The van der Waals surface area contributed by atoms with Crippen molar-refractivity contribution in [2.75, 3.05) is 0 Å². The topological polar surface area (TPSA) is 34.1 Å². The summed E-state index contributed by atoms with van der Waals surface area (Å²) >= 11 is 2.33. The van der Waals surface area contributed by atoms with Crippen molar-refractivity contribution < 1.29 is 9.59 Å². The van der Waals surface area contributed by atoms with E-state index in [2.05, 4.69) is 36.4 Å². The molecule has 1 unspecified atom stereocenters. The molecule has 0 N–H and O–H groups in total. The lowest BCUT2D eigenvalue weighted by atomic mass is 9.47. The van der Waals surface area contributed by atoms with Crippen molar-refractivity contribution in [2.24, 2.45) is 28.6 Å². The highest BCUT2D eigenvalue weighted by Gasteiger charge is 2.59. The Kier molecular flexibility index (Phi) is 3.42. The fourth-order valence-electron chi connectivity index (χ4n) is 6.35. The van der Waals surface area contributed by atoms with E-state index in [1.54, 1.807) is 0 Å². The summed E-state index contributed by atoms with van der Waals surface area (Å²) in [5.41, 5.74) is 1.59. The largest absolute Gasteiger partial charge is 0.299 e. The Labute approximate surface area is 146 Å². The average Bonchev–Trinajstić information content (AvgIpc) is 2.77. The van der Waals surface area contributed by atoms with Crippen LogP contribution in [0.5, 0.6) is 0 Å². The van der Waals surface area contributed by atoms with Crippen LogP contribution in [0.1, 0.15) is 58.8 Å². The van der Waals surface area contributed by atoms with E-state index in [-0.39, 0.29) is 14.8 Å². The molecule has 3 saturated carbocycles. The summed E-state index contributed by atoms with van der Waals surface area (Å²) < 4.78 is 0.142. The van der Waals surface area contributed by atoms with Gasteiger partial charge in [0.1, 0.15) is 5.78 Å². The van der Waals surface area contributed by atoms with Gasteiger partial charge in [0.2, 0.25) is 0 Å². The van der Waals surface area contributed by atoms with Crippen LogP contribution in [0.3, 0.4) is 0 Å². The van der Waals surface area contributed by atoms with E-state index >= 15 is 0 Å². The van der Waals surface area contributed by atoms with Crippen molar-refractivity contribution in [2.45, 2.75) is 62.7 Å². The number of ketones is 2. The van der Waals surface area contributed by atoms with E-state index in [9.17, 15) is 9.59 Å². The molecule has 0 heterocycles. The molecule has 0 bridgehead atoms. The highest BCUT2D eigenvalue weighted by molar-refractivity contribution is 14.1. The first kappa shape index (κ1) is 15.3. The van der Waals surface area contributed by atoms with Crippen LogP contribution in [0.2, 0.25) is 0 Å². The molecule has 4 aliphatic carbocycles. The molecule has 0 aliphatic heterocycles. The number of Topliss-reactive ketones (excluding diaryl/α,β-unsaturated/α-hetero) is 1. The molecule has 4 aliphatic rings. The Hall–Kier alpha value is -0.190. The van der Waals surface area contributed by atoms with Gasteiger partial charge in [-0.2, -0.15) is 0 Å². The van der Waals surface area contributed by atoms with E-state index in [4.69, 9.17) is 0 Å². The third kappa shape index (κ3) is 1.90. The molecule has 3 fully saturated rings. The van der Waals surface area contributed by atoms with Crippen molar-refractivity contribution in [3.05, 3.63) is 11.6 Å². The molecule has 0 saturated heterocycles. The summed E-state index contributed by atoms with van der Waals surface area (Å²) in [7, 11) is 0. The van der Waals surface area contributed by atoms with E-state index in [0.29, 0.717) is 29.3 Å². The normalized spacial score (nSPS) is 51.0. The van der Waals surface area contributed by atoms with Crippen LogP contribution < -0.4 is 0 Å². The highest BCUT2D eigenvalue weighted by Crippen LogP contribution is 2.64. The summed E-state index contributed by atoms with van der Waals surface area (Å²) in [4.78, 5) is 24.5. The maximum Gasteiger partial charge on any atom is 0.168 e. The van der Waals surface area contributed by atoms with Gasteiger partial charge in [0, 0.05) is 11.8 Å². The number of rotatable bonds is 0. The monoisotopic (exact) mass is 412 g/mol. The lowest BCUT2D eigenvalue weighted by Gasteiger charge is -2.57. The minimum absolute atomic E-state index is 0.0348. The standard InChI is InChI=1S/C19H25IO2/c1-18-8-7-14-12(13(18)5-6-17(18)22)4-3-11-9-16(21)15(20)10-19(11,14)2/h9,12-15H,3-8,10H2,1-2H3/t12-,13-,14-,15?,18-,19-/m0/s1. The molecular formula is C19H25IO2. The molecule has 0 aromatic rings. The Morgan fingerprint density at radius 2 is 1.77 bits per heavy atom. The Morgan fingerprint density at radius 3 is 2.55 bits per heavy atom. The first-order valence-electron chi connectivity index (χ1n) is 8.78. The second-order valence-electron chi connectivity index (χ2n) is 8.49. The van der Waals surface area contributed by atoms with Crippen LogP contribution in [0, 0.1) is 28.6 Å². The van der Waals surface area contributed by atoms with Gasteiger partial charge >= 0.3 is 0 Å². The number of fused-ring (bicyclic) bond motifs is 5. The van der Waals surface area contributed by atoms with Gasteiger partial charge < -0.3 is 0 Å². The van der Waals surface area contributed by atoms with Gasteiger partial charge in [-0.3, -0.25) is 9.59 Å². The van der Waals surface area contributed by atoms with Crippen LogP contribution in [-0.4, -0.2) is 15.5 Å². The van der Waals surface area contributed by atoms with E-state index in [1.165, 1.54) is 18.4 Å². The second kappa shape index (κ2) is 4.90. The lowest BCUT2D eigenvalue weighted by molar-refractivity contribution is -0.132. The van der Waals surface area contributed by atoms with Crippen LogP contribution in [0.15, 0.2) is 11.6 Å². The summed E-state index contributed by atoms with van der Waals surface area (Å²) in [5.74, 6) is 2.82. The van der Waals surface area contributed by atoms with Crippen LogP contribution >= 0.6 is 22.6 Å². The fraction of sp³-hybridized carbons (Fsp3) is 0.789. The van der Waals surface area contributed by atoms with Gasteiger partial charge in [0.15, 0.2) is 5.78 Å². The minimum Gasteiger partial charge on any atom is -0.299 e. The number of halogens is 1. The van der Waals surface area contributed by atoms with E-state index in [1.807, 2.05) is 6.08 Å². The maximum absolute atomic E-state index is 12.4. The predicted molar refractivity (Wildman–Crippen MR) is 94.9 cm³/mol. The quantitative estimate of drug-likeness (QED) is 0.434. The molecule has 4 rings (SSSR count). The van der Waals surface area contributed by atoms with Gasteiger partial charge in [-0.25, -0.2) is 0 Å². The van der Waals surface area contributed by atoms with Crippen LogP contribution in [-0.2, 0) is 9.59 Å². The first-order chi connectivity index (χ1) is 10.4. The number of allylic oxidation sites excluding steroid dienone is 1. The predicted octanol–water partition coefficient (Wildman–Crippen LogP) is 4.50. The van der Waals surface area contributed by atoms with Gasteiger partial charge in [0.05, 0.1) is 3.92 Å². The Bertz CT molecular complexity index is 580. The summed E-state index contributed by atoms with van der Waals surface area (Å²) in [5, 5.41) is 0. The molecule has 6 atom stereocenters. The van der Waals surface area contributed by atoms with Crippen LogP contribution in [0.25, 0.3) is 0 Å². The third-order valence-corrected chi connectivity index (χ3v) is 8.73. The van der Waals surface area contributed by atoms with Crippen molar-refractivity contribution in [3.63, 3.8) is 0 Å². The molecule has 2 nitrogen and oxygen atoms in total. The van der Waals surface area contributed by atoms with Crippen molar-refractivity contribution in [1.82, 2.24) is 0 Å². The first-order valence-corrected chi connectivity index (χ1v) is 10.0. The van der Waals surface area contributed by atoms with E-state index < -0.39 is 0 Å².